The van der Waals surface area contributed by atoms with E-state index in [9.17, 15) is 4.79 Å². The number of aliphatic hydroxyl groups excluding tert-OH is 1. The summed E-state index contributed by atoms with van der Waals surface area (Å²) in [6.45, 7) is 8.64. The van der Waals surface area contributed by atoms with Crippen molar-refractivity contribution in [2.45, 2.75) is 46.6 Å². The number of nitrogens with zero attached hydrogens (tertiary/aromatic N) is 2. The highest BCUT2D eigenvalue weighted by atomic mass is 16.3. The van der Waals surface area contributed by atoms with Crippen molar-refractivity contribution in [3.05, 3.63) is 17.5 Å². The van der Waals surface area contributed by atoms with Crippen LogP contribution in [0.2, 0.25) is 0 Å². The Labute approximate surface area is 115 Å². The fourth-order valence-electron chi connectivity index (χ4n) is 2.02. The van der Waals surface area contributed by atoms with Gasteiger partial charge in [-0.05, 0) is 31.7 Å². The molecule has 1 aromatic rings. The van der Waals surface area contributed by atoms with Crippen LogP contribution in [-0.2, 0) is 0 Å². The summed E-state index contributed by atoms with van der Waals surface area (Å²) in [5.41, 5.74) is 1.46. The number of carbonyl (C=O) groups is 1. The van der Waals surface area contributed by atoms with Crippen molar-refractivity contribution < 1.29 is 9.90 Å². The lowest BCUT2D eigenvalue weighted by molar-refractivity contribution is 0.0936. The van der Waals surface area contributed by atoms with Gasteiger partial charge in [0.2, 0.25) is 0 Å². The first-order chi connectivity index (χ1) is 9.03. The zero-order chi connectivity index (χ0) is 14.4. The smallest absolute Gasteiger partial charge is 0.271 e. The number of hydrogen-bond acceptors (Lipinski definition) is 3. The molecule has 1 atom stereocenters. The predicted octanol–water partition coefficient (Wildman–Crippen LogP) is 1.91. The van der Waals surface area contributed by atoms with Crippen LogP contribution in [0.5, 0.6) is 0 Å². The second kappa shape index (κ2) is 7.28. The third-order valence-electron chi connectivity index (χ3n) is 3.37. The lowest BCUT2D eigenvalue weighted by Crippen LogP contribution is -2.30. The van der Waals surface area contributed by atoms with Gasteiger partial charge in [-0.25, -0.2) is 0 Å². The van der Waals surface area contributed by atoms with Gasteiger partial charge in [-0.2, -0.15) is 5.10 Å². The molecular weight excluding hydrogens is 242 g/mol. The van der Waals surface area contributed by atoms with Crippen LogP contribution in [0, 0.1) is 12.8 Å². The molecule has 5 heteroatoms. The van der Waals surface area contributed by atoms with Gasteiger partial charge in [0.25, 0.3) is 5.91 Å². The summed E-state index contributed by atoms with van der Waals surface area (Å²) in [6.07, 6.45) is 2.00. The molecular formula is C14H25N3O2. The van der Waals surface area contributed by atoms with Gasteiger partial charge in [-0.1, -0.05) is 20.8 Å². The second-order valence-corrected chi connectivity index (χ2v) is 5.08. The van der Waals surface area contributed by atoms with Gasteiger partial charge < -0.3 is 10.4 Å². The summed E-state index contributed by atoms with van der Waals surface area (Å²) in [5, 5.41) is 16.1. The summed E-state index contributed by atoms with van der Waals surface area (Å²) >= 11 is 0. The molecule has 5 nitrogen and oxygen atoms in total. The van der Waals surface area contributed by atoms with Crippen LogP contribution in [0.4, 0.5) is 0 Å². The van der Waals surface area contributed by atoms with E-state index in [1.54, 1.807) is 0 Å². The Morgan fingerprint density at radius 3 is 2.63 bits per heavy atom. The molecule has 0 bridgehead atoms. The molecule has 0 radical (unpaired) electrons. The Bertz CT molecular complexity index is 411. The molecule has 0 saturated heterocycles. The fourth-order valence-corrected chi connectivity index (χ4v) is 2.02. The summed E-state index contributed by atoms with van der Waals surface area (Å²) in [5.74, 6) is -0.112. The summed E-state index contributed by atoms with van der Waals surface area (Å²) in [6, 6.07) is 2.16. The third-order valence-corrected chi connectivity index (χ3v) is 3.37. The van der Waals surface area contributed by atoms with Crippen molar-refractivity contribution >= 4 is 5.91 Å². The van der Waals surface area contributed by atoms with Crippen molar-refractivity contribution in [2.24, 2.45) is 5.92 Å². The SMILES string of the molecule is CCC(CC)n1nc(C(=O)NCC(C)CO)cc1C. The van der Waals surface area contributed by atoms with Gasteiger partial charge in [0.1, 0.15) is 5.69 Å². The maximum Gasteiger partial charge on any atom is 0.271 e. The number of amides is 1. The molecule has 0 saturated carbocycles. The molecule has 1 rings (SSSR count). The Morgan fingerprint density at radius 1 is 1.47 bits per heavy atom. The number of nitrogens with one attached hydrogen (secondary N) is 1. The molecule has 0 aliphatic rings. The first-order valence-corrected chi connectivity index (χ1v) is 6.98. The van der Waals surface area contributed by atoms with Crippen molar-refractivity contribution in [2.75, 3.05) is 13.2 Å². The van der Waals surface area contributed by atoms with E-state index in [1.165, 1.54) is 0 Å². The van der Waals surface area contributed by atoms with Crippen LogP contribution >= 0.6 is 0 Å². The predicted molar refractivity (Wildman–Crippen MR) is 75.2 cm³/mol. The Hall–Kier alpha value is -1.36. The van der Waals surface area contributed by atoms with E-state index in [0.29, 0.717) is 18.3 Å². The summed E-state index contributed by atoms with van der Waals surface area (Å²) in [7, 11) is 0. The standard InChI is InChI=1S/C14H25N3O2/c1-5-12(6-2)17-11(4)7-13(16-17)14(19)15-8-10(3)9-18/h7,10,12,18H,5-6,8-9H2,1-4H3,(H,15,19). The van der Waals surface area contributed by atoms with E-state index in [2.05, 4.69) is 24.3 Å². The topological polar surface area (TPSA) is 67.2 Å². The Kier molecular flexibility index (Phi) is 6.02. The molecule has 0 fully saturated rings. The number of aromatic nitrogens is 2. The molecule has 1 unspecified atom stereocenters. The summed E-state index contributed by atoms with van der Waals surface area (Å²) in [4.78, 5) is 12.0. The number of carbonyl (C=O) groups excluding carboxylic acids is 1. The lowest BCUT2D eigenvalue weighted by Gasteiger charge is -2.14. The minimum atomic E-state index is -0.173. The number of rotatable bonds is 7. The van der Waals surface area contributed by atoms with E-state index in [1.807, 2.05) is 24.6 Å². The highest BCUT2D eigenvalue weighted by molar-refractivity contribution is 5.92. The van der Waals surface area contributed by atoms with Gasteiger partial charge in [-0.3, -0.25) is 9.48 Å². The number of hydrogen-bond donors (Lipinski definition) is 2. The molecule has 0 aliphatic heterocycles. The minimum absolute atomic E-state index is 0.0613. The van der Waals surface area contributed by atoms with Crippen LogP contribution in [0.1, 0.15) is 55.8 Å². The Balaban J connectivity index is 2.74. The van der Waals surface area contributed by atoms with E-state index in [-0.39, 0.29) is 18.4 Å². The Morgan fingerprint density at radius 2 is 2.11 bits per heavy atom. The van der Waals surface area contributed by atoms with E-state index < -0.39 is 0 Å². The van der Waals surface area contributed by atoms with Crippen LogP contribution in [-0.4, -0.2) is 33.9 Å². The number of aryl methyl sites for hydroxylation is 1. The van der Waals surface area contributed by atoms with E-state index in [0.717, 1.165) is 18.5 Å². The maximum atomic E-state index is 12.0. The minimum Gasteiger partial charge on any atom is -0.396 e. The van der Waals surface area contributed by atoms with Crippen LogP contribution < -0.4 is 5.32 Å². The first kappa shape index (κ1) is 15.7. The largest absolute Gasteiger partial charge is 0.396 e. The zero-order valence-corrected chi connectivity index (χ0v) is 12.3. The molecule has 19 heavy (non-hydrogen) atoms. The molecule has 1 heterocycles. The average Bonchev–Trinajstić information content (AvgIpc) is 2.79. The first-order valence-electron chi connectivity index (χ1n) is 6.98. The molecule has 108 valence electrons. The molecule has 0 spiro atoms. The van der Waals surface area contributed by atoms with Gasteiger partial charge >= 0.3 is 0 Å². The normalized spacial score (nSPS) is 12.7. The second-order valence-electron chi connectivity index (χ2n) is 5.08. The quantitative estimate of drug-likeness (QED) is 0.793. The van der Waals surface area contributed by atoms with Crippen molar-refractivity contribution in [3.8, 4) is 0 Å². The third kappa shape index (κ3) is 4.06. The number of aliphatic hydroxyl groups is 1. The highest BCUT2D eigenvalue weighted by Gasteiger charge is 2.16. The van der Waals surface area contributed by atoms with E-state index >= 15 is 0 Å². The van der Waals surface area contributed by atoms with Gasteiger partial charge in [0, 0.05) is 18.8 Å². The van der Waals surface area contributed by atoms with Crippen molar-refractivity contribution in [3.63, 3.8) is 0 Å². The van der Waals surface area contributed by atoms with Gasteiger partial charge in [0.05, 0.1) is 6.04 Å². The highest BCUT2D eigenvalue weighted by Crippen LogP contribution is 2.17. The molecule has 2 N–H and O–H groups in total. The van der Waals surface area contributed by atoms with Crippen LogP contribution in [0.3, 0.4) is 0 Å². The van der Waals surface area contributed by atoms with Gasteiger partial charge in [0.15, 0.2) is 0 Å². The lowest BCUT2D eigenvalue weighted by atomic mass is 10.2. The van der Waals surface area contributed by atoms with Gasteiger partial charge in [-0.15, -0.1) is 0 Å². The maximum absolute atomic E-state index is 12.0. The molecule has 0 aromatic carbocycles. The van der Waals surface area contributed by atoms with Crippen LogP contribution in [0.15, 0.2) is 6.07 Å². The monoisotopic (exact) mass is 267 g/mol. The van der Waals surface area contributed by atoms with Crippen molar-refractivity contribution in [1.82, 2.24) is 15.1 Å². The van der Waals surface area contributed by atoms with Crippen LogP contribution in [0.25, 0.3) is 0 Å². The molecule has 1 aromatic heterocycles. The van der Waals surface area contributed by atoms with E-state index in [4.69, 9.17) is 5.11 Å². The van der Waals surface area contributed by atoms with Crippen molar-refractivity contribution in [1.29, 1.82) is 0 Å². The zero-order valence-electron chi connectivity index (χ0n) is 12.3. The summed E-state index contributed by atoms with van der Waals surface area (Å²) < 4.78 is 1.93. The average molecular weight is 267 g/mol. The molecule has 1 amide bonds. The fraction of sp³-hybridized carbons (Fsp3) is 0.714. The molecule has 0 aliphatic carbocycles.